The number of furan rings is 1. The Hall–Kier alpha value is -2.92. The number of sulfonamides is 1. The molecule has 10 nitrogen and oxygen atoms in total. The standard InChI is InChI=1S/C21H28N4O6S/c1-2-10-32(29,30)25-17(20(27)28)12-18-16-6-4-14(11-15(16)13-31-18)5-7-19(26)24-21-22-8-3-9-23-21/h4,6,11,13,17,25H,2-3,5,7-10,12H2,1H3,(H,27,28)(H2,22,23,24,26). The normalized spacial score (nSPS) is 15.1. The van der Waals surface area contributed by atoms with Crippen molar-refractivity contribution in [3.8, 4) is 0 Å². The predicted octanol–water partition coefficient (Wildman–Crippen LogP) is 1.16. The lowest BCUT2D eigenvalue weighted by atomic mass is 10.0. The molecule has 174 valence electrons. The van der Waals surface area contributed by atoms with E-state index in [1.165, 1.54) is 6.26 Å². The molecule has 32 heavy (non-hydrogen) atoms. The molecule has 2 aromatic rings. The van der Waals surface area contributed by atoms with Crippen molar-refractivity contribution in [3.63, 3.8) is 0 Å². The molecule has 0 radical (unpaired) electrons. The van der Waals surface area contributed by atoms with Gasteiger partial charge in [0.2, 0.25) is 15.9 Å². The molecular weight excluding hydrogens is 436 g/mol. The number of rotatable bonds is 10. The number of benzene rings is 1. The van der Waals surface area contributed by atoms with Crippen LogP contribution >= 0.6 is 0 Å². The van der Waals surface area contributed by atoms with Crippen LogP contribution < -0.4 is 15.4 Å². The molecule has 1 aliphatic rings. The van der Waals surface area contributed by atoms with Crippen LogP contribution in [0.25, 0.3) is 10.8 Å². The van der Waals surface area contributed by atoms with Gasteiger partial charge in [0.25, 0.3) is 0 Å². The van der Waals surface area contributed by atoms with E-state index in [0.29, 0.717) is 36.5 Å². The summed E-state index contributed by atoms with van der Waals surface area (Å²) >= 11 is 0. The fourth-order valence-electron chi connectivity index (χ4n) is 3.45. The molecule has 1 aromatic heterocycles. The van der Waals surface area contributed by atoms with Crippen LogP contribution in [0.3, 0.4) is 0 Å². The minimum atomic E-state index is -3.69. The zero-order valence-electron chi connectivity index (χ0n) is 17.9. The van der Waals surface area contributed by atoms with Crippen LogP contribution in [-0.4, -0.2) is 56.2 Å². The van der Waals surface area contributed by atoms with E-state index in [-0.39, 0.29) is 24.5 Å². The number of hydrogen-bond donors (Lipinski definition) is 4. The van der Waals surface area contributed by atoms with Crippen molar-refractivity contribution in [2.24, 2.45) is 4.99 Å². The third-order valence-electron chi connectivity index (χ3n) is 5.02. The molecule has 2 heterocycles. The van der Waals surface area contributed by atoms with Crippen molar-refractivity contribution in [3.05, 3.63) is 35.8 Å². The van der Waals surface area contributed by atoms with Crippen LogP contribution in [0.15, 0.2) is 33.9 Å². The molecule has 3 rings (SSSR count). The fraction of sp³-hybridized carbons (Fsp3) is 0.476. The van der Waals surface area contributed by atoms with Gasteiger partial charge in [0.1, 0.15) is 11.8 Å². The summed E-state index contributed by atoms with van der Waals surface area (Å²) in [4.78, 5) is 27.9. The number of hydrogen-bond acceptors (Lipinski definition) is 7. The first-order valence-corrected chi connectivity index (χ1v) is 12.2. The molecule has 1 atom stereocenters. The smallest absolute Gasteiger partial charge is 0.322 e. The number of nitrogens with one attached hydrogen (secondary N) is 3. The molecule has 0 bridgehead atoms. The van der Waals surface area contributed by atoms with Gasteiger partial charge in [-0.2, -0.15) is 0 Å². The molecule has 0 spiro atoms. The largest absolute Gasteiger partial charge is 0.480 e. The maximum Gasteiger partial charge on any atom is 0.322 e. The van der Waals surface area contributed by atoms with Crippen LogP contribution in [0, 0.1) is 0 Å². The maximum atomic E-state index is 12.1. The number of guanidine groups is 1. The molecule has 0 saturated carbocycles. The van der Waals surface area contributed by atoms with E-state index < -0.39 is 22.0 Å². The third-order valence-corrected chi connectivity index (χ3v) is 6.61. The minimum absolute atomic E-state index is 0.112. The van der Waals surface area contributed by atoms with Gasteiger partial charge >= 0.3 is 5.97 Å². The van der Waals surface area contributed by atoms with Crippen molar-refractivity contribution in [1.82, 2.24) is 15.4 Å². The van der Waals surface area contributed by atoms with Crippen molar-refractivity contribution in [1.29, 1.82) is 0 Å². The van der Waals surface area contributed by atoms with Crippen molar-refractivity contribution < 1.29 is 27.5 Å². The SMILES string of the molecule is CCCS(=O)(=O)NC(Cc1occ2cc(CCC(=O)NC3=NCCCN3)ccc12)C(=O)O. The molecule has 1 aliphatic heterocycles. The number of carbonyl (C=O) groups excluding carboxylic acids is 1. The minimum Gasteiger partial charge on any atom is -0.480 e. The lowest BCUT2D eigenvalue weighted by Crippen LogP contribution is -2.43. The van der Waals surface area contributed by atoms with Crippen molar-refractivity contribution in [2.75, 3.05) is 18.8 Å². The van der Waals surface area contributed by atoms with Gasteiger partial charge in [0, 0.05) is 36.7 Å². The zero-order valence-corrected chi connectivity index (χ0v) is 18.7. The summed E-state index contributed by atoms with van der Waals surface area (Å²) in [5, 5.41) is 16.7. The van der Waals surface area contributed by atoms with E-state index in [0.717, 1.165) is 23.9 Å². The first-order valence-electron chi connectivity index (χ1n) is 10.6. The summed E-state index contributed by atoms with van der Waals surface area (Å²) in [7, 11) is -3.69. The third kappa shape index (κ3) is 6.54. The highest BCUT2D eigenvalue weighted by molar-refractivity contribution is 7.89. The zero-order chi connectivity index (χ0) is 23.1. The van der Waals surface area contributed by atoms with Crippen LogP contribution in [-0.2, 0) is 32.5 Å². The Balaban J connectivity index is 1.64. The Morgan fingerprint density at radius 1 is 1.34 bits per heavy atom. The van der Waals surface area contributed by atoms with Gasteiger partial charge in [-0.25, -0.2) is 13.1 Å². The Bertz CT molecular complexity index is 1110. The molecular formula is C21H28N4O6S. The molecule has 11 heteroatoms. The lowest BCUT2D eigenvalue weighted by molar-refractivity contribution is -0.139. The predicted molar refractivity (Wildman–Crippen MR) is 120 cm³/mol. The maximum absolute atomic E-state index is 12.1. The summed E-state index contributed by atoms with van der Waals surface area (Å²) in [5.74, 6) is -0.643. The summed E-state index contributed by atoms with van der Waals surface area (Å²) in [5.41, 5.74) is 0.928. The van der Waals surface area contributed by atoms with Crippen LogP contribution in [0.1, 0.15) is 37.5 Å². The van der Waals surface area contributed by atoms with Gasteiger partial charge < -0.3 is 14.8 Å². The Labute approximate surface area is 186 Å². The van der Waals surface area contributed by atoms with Gasteiger partial charge in [0.05, 0.1) is 12.0 Å². The topological polar surface area (TPSA) is 150 Å². The Morgan fingerprint density at radius 3 is 2.84 bits per heavy atom. The summed E-state index contributed by atoms with van der Waals surface area (Å²) in [6.07, 6.45) is 3.54. The van der Waals surface area contributed by atoms with E-state index in [1.54, 1.807) is 13.0 Å². The van der Waals surface area contributed by atoms with Crippen molar-refractivity contribution >= 4 is 38.6 Å². The highest BCUT2D eigenvalue weighted by Gasteiger charge is 2.26. The van der Waals surface area contributed by atoms with Gasteiger partial charge in [-0.3, -0.25) is 19.9 Å². The van der Waals surface area contributed by atoms with Crippen LogP contribution in [0.2, 0.25) is 0 Å². The fourth-order valence-corrected chi connectivity index (χ4v) is 4.73. The number of nitrogens with zero attached hydrogens (tertiary/aromatic N) is 1. The number of aliphatic imine (C=N–C) groups is 1. The van der Waals surface area contributed by atoms with Gasteiger partial charge in [-0.15, -0.1) is 0 Å². The molecule has 1 aromatic carbocycles. The Kier molecular flexibility index (Phi) is 7.86. The summed E-state index contributed by atoms with van der Waals surface area (Å²) in [6, 6.07) is 4.21. The highest BCUT2D eigenvalue weighted by atomic mass is 32.2. The Morgan fingerprint density at radius 2 is 2.16 bits per heavy atom. The van der Waals surface area contributed by atoms with E-state index in [4.69, 9.17) is 4.42 Å². The number of carboxylic acids is 1. The van der Waals surface area contributed by atoms with Crippen molar-refractivity contribution in [2.45, 2.75) is 45.1 Å². The average Bonchev–Trinajstić information content (AvgIpc) is 3.14. The van der Waals surface area contributed by atoms with E-state index in [1.807, 2.05) is 12.1 Å². The first kappa shape index (κ1) is 23.7. The second kappa shape index (κ2) is 10.6. The number of amides is 1. The molecule has 0 aliphatic carbocycles. The van der Waals surface area contributed by atoms with Gasteiger partial charge in [-0.1, -0.05) is 19.1 Å². The second-order valence-corrected chi connectivity index (χ2v) is 9.54. The number of carbonyl (C=O) groups is 2. The number of aliphatic carboxylic acids is 1. The molecule has 4 N–H and O–H groups in total. The number of aryl methyl sites for hydroxylation is 1. The van der Waals surface area contributed by atoms with Crippen LogP contribution in [0.4, 0.5) is 0 Å². The van der Waals surface area contributed by atoms with E-state index in [2.05, 4.69) is 20.3 Å². The number of carboxylic acid groups (broad SMARTS) is 1. The van der Waals surface area contributed by atoms with Crippen LogP contribution in [0.5, 0.6) is 0 Å². The average molecular weight is 465 g/mol. The lowest BCUT2D eigenvalue weighted by Gasteiger charge is -2.15. The van der Waals surface area contributed by atoms with Gasteiger partial charge in [-0.05, 0) is 30.9 Å². The molecule has 1 unspecified atom stereocenters. The summed E-state index contributed by atoms with van der Waals surface area (Å²) < 4.78 is 31.7. The van der Waals surface area contributed by atoms with E-state index >= 15 is 0 Å². The molecule has 1 amide bonds. The molecule has 0 saturated heterocycles. The summed E-state index contributed by atoms with van der Waals surface area (Å²) in [6.45, 7) is 3.20. The van der Waals surface area contributed by atoms with Gasteiger partial charge in [0.15, 0.2) is 5.96 Å². The number of fused-ring (bicyclic) bond motifs is 1. The quantitative estimate of drug-likeness (QED) is 0.412. The molecule has 0 fully saturated rings. The first-order chi connectivity index (χ1) is 15.3. The monoisotopic (exact) mass is 464 g/mol. The highest BCUT2D eigenvalue weighted by Crippen LogP contribution is 2.24. The second-order valence-electron chi connectivity index (χ2n) is 7.67. The van der Waals surface area contributed by atoms with E-state index in [9.17, 15) is 23.1 Å².